The molecule has 18 heavy (non-hydrogen) atoms. The molecule has 0 aliphatic rings. The number of hydrogen-bond donors (Lipinski definition) is 1. The number of hydrogen-bond acceptors (Lipinski definition) is 3. The average Bonchev–Trinajstić information content (AvgIpc) is 2.75. The molecule has 0 fully saturated rings. The zero-order valence-electron chi connectivity index (χ0n) is 11.2. The Labute approximate surface area is 108 Å². The first kappa shape index (κ1) is 12.6. The minimum absolute atomic E-state index is 0.596. The first-order valence-corrected chi connectivity index (χ1v) is 6.32. The standard InChI is InChI=1S/C14H20N4/c1-11(2)9-18-10-16-17-14(18)8-15-13-6-4-12(3)5-7-13/h4-7,10-11,15H,8-9H2,1-3H3. The van der Waals surface area contributed by atoms with Crippen LogP contribution in [0.4, 0.5) is 5.69 Å². The van der Waals surface area contributed by atoms with Gasteiger partial charge in [0.15, 0.2) is 5.82 Å². The quantitative estimate of drug-likeness (QED) is 0.879. The van der Waals surface area contributed by atoms with Crippen LogP contribution in [-0.2, 0) is 13.1 Å². The molecule has 0 saturated heterocycles. The second kappa shape index (κ2) is 5.67. The van der Waals surface area contributed by atoms with Crippen molar-refractivity contribution in [1.29, 1.82) is 0 Å². The molecular weight excluding hydrogens is 224 g/mol. The molecule has 4 nitrogen and oxygen atoms in total. The van der Waals surface area contributed by atoms with Crippen molar-refractivity contribution in [1.82, 2.24) is 14.8 Å². The van der Waals surface area contributed by atoms with Gasteiger partial charge >= 0.3 is 0 Å². The zero-order chi connectivity index (χ0) is 13.0. The van der Waals surface area contributed by atoms with Gasteiger partial charge < -0.3 is 9.88 Å². The van der Waals surface area contributed by atoms with Crippen molar-refractivity contribution in [3.8, 4) is 0 Å². The molecule has 0 radical (unpaired) electrons. The predicted octanol–water partition coefficient (Wildman–Crippen LogP) is 2.85. The van der Waals surface area contributed by atoms with Crippen LogP contribution in [-0.4, -0.2) is 14.8 Å². The molecule has 0 bridgehead atoms. The lowest BCUT2D eigenvalue weighted by Gasteiger charge is -2.10. The fraction of sp³-hybridized carbons (Fsp3) is 0.429. The number of nitrogens with one attached hydrogen (secondary N) is 1. The van der Waals surface area contributed by atoms with Gasteiger partial charge in [-0.1, -0.05) is 31.5 Å². The van der Waals surface area contributed by atoms with Crippen molar-refractivity contribution in [2.45, 2.75) is 33.9 Å². The highest BCUT2D eigenvalue weighted by atomic mass is 15.3. The van der Waals surface area contributed by atoms with Crippen molar-refractivity contribution < 1.29 is 0 Å². The molecular formula is C14H20N4. The Bertz CT molecular complexity index is 485. The van der Waals surface area contributed by atoms with Crippen LogP contribution in [0.15, 0.2) is 30.6 Å². The third kappa shape index (κ3) is 3.32. The van der Waals surface area contributed by atoms with E-state index in [9.17, 15) is 0 Å². The van der Waals surface area contributed by atoms with Gasteiger partial charge in [0.2, 0.25) is 0 Å². The fourth-order valence-electron chi connectivity index (χ4n) is 1.81. The van der Waals surface area contributed by atoms with Gasteiger partial charge in [-0.25, -0.2) is 0 Å². The average molecular weight is 244 g/mol. The third-order valence-electron chi connectivity index (χ3n) is 2.76. The molecule has 1 aromatic carbocycles. The summed E-state index contributed by atoms with van der Waals surface area (Å²) in [6.45, 7) is 8.13. The molecule has 0 saturated carbocycles. The molecule has 1 heterocycles. The van der Waals surface area contributed by atoms with E-state index in [-0.39, 0.29) is 0 Å². The number of rotatable bonds is 5. The van der Waals surface area contributed by atoms with Crippen LogP contribution < -0.4 is 5.32 Å². The van der Waals surface area contributed by atoms with Crippen LogP contribution >= 0.6 is 0 Å². The summed E-state index contributed by atoms with van der Waals surface area (Å²) >= 11 is 0. The van der Waals surface area contributed by atoms with Gasteiger partial charge in [0.05, 0.1) is 6.54 Å². The molecule has 0 atom stereocenters. The molecule has 0 aliphatic carbocycles. The summed E-state index contributed by atoms with van der Waals surface area (Å²) in [6, 6.07) is 8.36. The summed E-state index contributed by atoms with van der Waals surface area (Å²) < 4.78 is 2.10. The van der Waals surface area contributed by atoms with E-state index in [1.165, 1.54) is 5.56 Å². The Morgan fingerprint density at radius 1 is 1.22 bits per heavy atom. The molecule has 2 rings (SSSR count). The minimum Gasteiger partial charge on any atom is -0.378 e. The lowest BCUT2D eigenvalue weighted by atomic mass is 10.2. The van der Waals surface area contributed by atoms with Crippen molar-refractivity contribution in [3.63, 3.8) is 0 Å². The maximum atomic E-state index is 4.15. The molecule has 0 amide bonds. The lowest BCUT2D eigenvalue weighted by Crippen LogP contribution is -2.11. The first-order chi connectivity index (χ1) is 8.65. The normalized spacial score (nSPS) is 10.9. The van der Waals surface area contributed by atoms with Gasteiger partial charge in [-0.3, -0.25) is 0 Å². The smallest absolute Gasteiger partial charge is 0.152 e. The van der Waals surface area contributed by atoms with Crippen molar-refractivity contribution in [3.05, 3.63) is 42.0 Å². The van der Waals surface area contributed by atoms with Crippen LogP contribution in [0, 0.1) is 12.8 Å². The molecule has 0 spiro atoms. The van der Waals surface area contributed by atoms with Gasteiger partial charge in [-0.15, -0.1) is 10.2 Å². The number of nitrogens with zero attached hydrogens (tertiary/aromatic N) is 3. The Balaban J connectivity index is 1.97. The summed E-state index contributed by atoms with van der Waals surface area (Å²) in [5.74, 6) is 1.57. The van der Waals surface area contributed by atoms with E-state index >= 15 is 0 Å². The maximum absolute atomic E-state index is 4.15. The molecule has 2 aromatic rings. The van der Waals surface area contributed by atoms with Gasteiger partial charge in [0, 0.05) is 12.2 Å². The summed E-state index contributed by atoms with van der Waals surface area (Å²) in [7, 11) is 0. The summed E-state index contributed by atoms with van der Waals surface area (Å²) in [4.78, 5) is 0. The Hall–Kier alpha value is -1.84. The molecule has 96 valence electrons. The summed E-state index contributed by atoms with van der Waals surface area (Å²) in [5, 5.41) is 11.5. The second-order valence-electron chi connectivity index (χ2n) is 5.01. The largest absolute Gasteiger partial charge is 0.378 e. The van der Waals surface area contributed by atoms with E-state index in [1.54, 1.807) is 6.33 Å². The summed E-state index contributed by atoms with van der Waals surface area (Å²) in [5.41, 5.74) is 2.38. The summed E-state index contributed by atoms with van der Waals surface area (Å²) in [6.07, 6.45) is 1.80. The molecule has 4 heteroatoms. The van der Waals surface area contributed by atoms with Crippen molar-refractivity contribution >= 4 is 5.69 Å². The number of aryl methyl sites for hydroxylation is 1. The zero-order valence-corrected chi connectivity index (χ0v) is 11.2. The molecule has 1 aromatic heterocycles. The fourth-order valence-corrected chi connectivity index (χ4v) is 1.81. The topological polar surface area (TPSA) is 42.7 Å². The van der Waals surface area contributed by atoms with Crippen LogP contribution in [0.1, 0.15) is 25.2 Å². The van der Waals surface area contributed by atoms with Crippen LogP contribution in [0.2, 0.25) is 0 Å². The van der Waals surface area contributed by atoms with Crippen LogP contribution in [0.3, 0.4) is 0 Å². The number of aromatic nitrogens is 3. The van der Waals surface area contributed by atoms with E-state index in [0.29, 0.717) is 12.5 Å². The highest BCUT2D eigenvalue weighted by molar-refractivity contribution is 5.44. The van der Waals surface area contributed by atoms with Crippen molar-refractivity contribution in [2.75, 3.05) is 5.32 Å². The lowest BCUT2D eigenvalue weighted by molar-refractivity contribution is 0.508. The monoisotopic (exact) mass is 244 g/mol. The van der Waals surface area contributed by atoms with E-state index in [1.807, 2.05) is 0 Å². The predicted molar refractivity (Wildman–Crippen MR) is 73.4 cm³/mol. The van der Waals surface area contributed by atoms with Gasteiger partial charge in [-0.2, -0.15) is 0 Å². The van der Waals surface area contributed by atoms with E-state index in [0.717, 1.165) is 18.1 Å². The second-order valence-corrected chi connectivity index (χ2v) is 5.01. The van der Waals surface area contributed by atoms with E-state index in [4.69, 9.17) is 0 Å². The SMILES string of the molecule is Cc1ccc(NCc2nncn2CC(C)C)cc1. The first-order valence-electron chi connectivity index (χ1n) is 6.32. The van der Waals surface area contributed by atoms with E-state index in [2.05, 4.69) is 65.1 Å². The van der Waals surface area contributed by atoms with Crippen LogP contribution in [0.5, 0.6) is 0 Å². The van der Waals surface area contributed by atoms with Crippen LogP contribution in [0.25, 0.3) is 0 Å². The third-order valence-corrected chi connectivity index (χ3v) is 2.76. The molecule has 0 aliphatic heterocycles. The highest BCUT2D eigenvalue weighted by Gasteiger charge is 2.05. The Morgan fingerprint density at radius 3 is 2.61 bits per heavy atom. The van der Waals surface area contributed by atoms with Gasteiger partial charge in [0.1, 0.15) is 6.33 Å². The highest BCUT2D eigenvalue weighted by Crippen LogP contribution is 2.10. The van der Waals surface area contributed by atoms with Crippen molar-refractivity contribution in [2.24, 2.45) is 5.92 Å². The molecule has 1 N–H and O–H groups in total. The van der Waals surface area contributed by atoms with Gasteiger partial charge in [0.25, 0.3) is 0 Å². The minimum atomic E-state index is 0.596. The number of anilines is 1. The van der Waals surface area contributed by atoms with E-state index < -0.39 is 0 Å². The Kier molecular flexibility index (Phi) is 3.97. The Morgan fingerprint density at radius 2 is 1.94 bits per heavy atom. The maximum Gasteiger partial charge on any atom is 0.152 e. The molecule has 0 unspecified atom stereocenters. The van der Waals surface area contributed by atoms with Gasteiger partial charge in [-0.05, 0) is 25.0 Å². The number of benzene rings is 1.